The summed E-state index contributed by atoms with van der Waals surface area (Å²) in [6.07, 6.45) is -1.20. The zero-order valence-corrected chi connectivity index (χ0v) is 11.9. The largest absolute Gasteiger partial charge is 0.419 e. The second kappa shape index (κ2) is 7.62. The summed E-state index contributed by atoms with van der Waals surface area (Å²) in [6, 6.07) is 3.51. The van der Waals surface area contributed by atoms with E-state index in [4.69, 9.17) is 0 Å². The van der Waals surface area contributed by atoms with Gasteiger partial charge in [0.25, 0.3) is 0 Å². The Bertz CT molecular complexity index is 409. The highest BCUT2D eigenvalue weighted by Crippen LogP contribution is 2.31. The Morgan fingerprint density at radius 1 is 1.15 bits per heavy atom. The molecule has 0 spiro atoms. The molecule has 114 valence electrons. The van der Waals surface area contributed by atoms with Crippen molar-refractivity contribution in [1.29, 1.82) is 0 Å². The van der Waals surface area contributed by atoms with E-state index in [1.807, 2.05) is 6.92 Å². The van der Waals surface area contributed by atoms with Gasteiger partial charge in [-0.15, -0.1) is 0 Å². The van der Waals surface area contributed by atoms with Crippen molar-refractivity contribution in [2.45, 2.75) is 51.7 Å². The molecular formula is C15H21F4N. The molecule has 1 aromatic rings. The molecule has 0 radical (unpaired) electrons. The zero-order chi connectivity index (χ0) is 15.2. The third-order valence-electron chi connectivity index (χ3n) is 3.25. The summed E-state index contributed by atoms with van der Waals surface area (Å²) in [4.78, 5) is 0. The first-order valence-corrected chi connectivity index (χ1v) is 6.97. The van der Waals surface area contributed by atoms with Gasteiger partial charge in [-0.25, -0.2) is 4.39 Å². The molecule has 0 fully saturated rings. The molecule has 1 N–H and O–H groups in total. The van der Waals surface area contributed by atoms with Gasteiger partial charge in [0.05, 0.1) is 5.56 Å². The van der Waals surface area contributed by atoms with Crippen LogP contribution in [0.4, 0.5) is 17.6 Å². The number of hydrogen-bond donors (Lipinski definition) is 1. The highest BCUT2D eigenvalue weighted by atomic mass is 19.4. The third kappa shape index (κ3) is 5.12. The molecule has 0 aromatic heterocycles. The van der Waals surface area contributed by atoms with E-state index in [-0.39, 0.29) is 0 Å². The van der Waals surface area contributed by atoms with Gasteiger partial charge in [0, 0.05) is 6.04 Å². The lowest BCUT2D eigenvalue weighted by Crippen LogP contribution is -2.29. The van der Waals surface area contributed by atoms with Crippen molar-refractivity contribution in [3.63, 3.8) is 0 Å². The van der Waals surface area contributed by atoms with Crippen LogP contribution in [0.1, 0.15) is 44.2 Å². The van der Waals surface area contributed by atoms with Crippen LogP contribution in [0.3, 0.4) is 0 Å². The number of aryl methyl sites for hydroxylation is 1. The summed E-state index contributed by atoms with van der Waals surface area (Å²) < 4.78 is 50.8. The van der Waals surface area contributed by atoms with E-state index < -0.39 is 17.6 Å². The molecule has 0 saturated carbocycles. The van der Waals surface area contributed by atoms with Crippen LogP contribution in [0.2, 0.25) is 0 Å². The number of benzene rings is 1. The first kappa shape index (κ1) is 17.0. The monoisotopic (exact) mass is 291 g/mol. The van der Waals surface area contributed by atoms with Crippen LogP contribution in [-0.4, -0.2) is 12.6 Å². The Balaban J connectivity index is 2.67. The Morgan fingerprint density at radius 2 is 1.85 bits per heavy atom. The van der Waals surface area contributed by atoms with Gasteiger partial charge in [0.2, 0.25) is 0 Å². The van der Waals surface area contributed by atoms with Crippen molar-refractivity contribution in [2.75, 3.05) is 6.54 Å². The van der Waals surface area contributed by atoms with Crippen LogP contribution >= 0.6 is 0 Å². The Labute approximate surface area is 117 Å². The molecule has 1 aromatic carbocycles. The second-order valence-electron chi connectivity index (χ2n) is 4.89. The Morgan fingerprint density at radius 3 is 2.35 bits per heavy atom. The quantitative estimate of drug-likeness (QED) is 0.726. The molecule has 0 aliphatic rings. The lowest BCUT2D eigenvalue weighted by Gasteiger charge is -2.17. The second-order valence-corrected chi connectivity index (χ2v) is 4.89. The van der Waals surface area contributed by atoms with E-state index in [2.05, 4.69) is 12.2 Å². The van der Waals surface area contributed by atoms with Crippen LogP contribution in [0.15, 0.2) is 18.2 Å². The average Bonchev–Trinajstić information content (AvgIpc) is 2.35. The lowest BCUT2D eigenvalue weighted by molar-refractivity contribution is -0.140. The van der Waals surface area contributed by atoms with Gasteiger partial charge in [-0.1, -0.05) is 26.3 Å². The first-order valence-electron chi connectivity index (χ1n) is 6.97. The van der Waals surface area contributed by atoms with E-state index in [0.29, 0.717) is 18.0 Å². The summed E-state index contributed by atoms with van der Waals surface area (Å²) in [6.45, 7) is 4.95. The van der Waals surface area contributed by atoms with Crippen molar-refractivity contribution in [1.82, 2.24) is 5.32 Å². The maximum atomic E-state index is 13.4. The van der Waals surface area contributed by atoms with Crippen molar-refractivity contribution < 1.29 is 17.6 Å². The number of alkyl halides is 3. The van der Waals surface area contributed by atoms with Crippen molar-refractivity contribution in [3.05, 3.63) is 35.1 Å². The summed E-state index contributed by atoms with van der Waals surface area (Å²) in [5.74, 6) is -1.19. The standard InChI is InChI=1S/C15H21F4N/c1-3-5-12(20-4-2)8-6-11-7-9-13(14(16)10-11)15(17,18)19/h7,9-10,12,20H,3-6,8H2,1-2H3. The van der Waals surface area contributed by atoms with Crippen LogP contribution in [-0.2, 0) is 12.6 Å². The molecular weight excluding hydrogens is 270 g/mol. The predicted octanol–water partition coefficient (Wildman–Crippen LogP) is 4.56. The van der Waals surface area contributed by atoms with E-state index in [1.165, 1.54) is 6.07 Å². The van der Waals surface area contributed by atoms with Crippen molar-refractivity contribution >= 4 is 0 Å². The molecule has 1 atom stereocenters. The van der Waals surface area contributed by atoms with Gasteiger partial charge < -0.3 is 5.32 Å². The predicted molar refractivity (Wildman–Crippen MR) is 72.1 cm³/mol. The summed E-state index contributed by atoms with van der Waals surface area (Å²) in [5.41, 5.74) is -0.590. The third-order valence-corrected chi connectivity index (χ3v) is 3.25. The molecule has 5 heteroatoms. The fraction of sp³-hybridized carbons (Fsp3) is 0.600. The number of hydrogen-bond acceptors (Lipinski definition) is 1. The van der Waals surface area contributed by atoms with E-state index in [1.54, 1.807) is 0 Å². The molecule has 1 unspecified atom stereocenters. The van der Waals surface area contributed by atoms with Gasteiger partial charge in [-0.3, -0.25) is 0 Å². The SMILES string of the molecule is CCCC(CCc1ccc(C(F)(F)F)c(F)c1)NCC. The highest BCUT2D eigenvalue weighted by Gasteiger charge is 2.33. The summed E-state index contributed by atoms with van der Waals surface area (Å²) in [7, 11) is 0. The number of rotatable bonds is 7. The normalized spacial score (nSPS) is 13.5. The van der Waals surface area contributed by atoms with Gasteiger partial charge in [0.15, 0.2) is 0 Å². The first-order chi connectivity index (χ1) is 9.38. The smallest absolute Gasteiger partial charge is 0.314 e. The number of halogens is 4. The fourth-order valence-electron chi connectivity index (χ4n) is 2.27. The van der Waals surface area contributed by atoms with Crippen LogP contribution in [0, 0.1) is 5.82 Å². The molecule has 0 saturated heterocycles. The minimum atomic E-state index is -4.63. The number of nitrogens with one attached hydrogen (secondary N) is 1. The Hall–Kier alpha value is -1.10. The molecule has 0 heterocycles. The topological polar surface area (TPSA) is 12.0 Å². The minimum Gasteiger partial charge on any atom is -0.314 e. The molecule has 20 heavy (non-hydrogen) atoms. The van der Waals surface area contributed by atoms with E-state index in [9.17, 15) is 17.6 Å². The van der Waals surface area contributed by atoms with Gasteiger partial charge >= 0.3 is 6.18 Å². The zero-order valence-electron chi connectivity index (χ0n) is 11.9. The lowest BCUT2D eigenvalue weighted by atomic mass is 10.0. The van der Waals surface area contributed by atoms with E-state index >= 15 is 0 Å². The van der Waals surface area contributed by atoms with Crippen molar-refractivity contribution in [2.24, 2.45) is 0 Å². The van der Waals surface area contributed by atoms with Gasteiger partial charge in [0.1, 0.15) is 5.82 Å². The van der Waals surface area contributed by atoms with Crippen LogP contribution < -0.4 is 5.32 Å². The Kier molecular flexibility index (Phi) is 6.46. The average molecular weight is 291 g/mol. The van der Waals surface area contributed by atoms with E-state index in [0.717, 1.165) is 37.9 Å². The molecule has 1 nitrogen and oxygen atoms in total. The van der Waals surface area contributed by atoms with Crippen LogP contribution in [0.25, 0.3) is 0 Å². The molecule has 0 aliphatic carbocycles. The molecule has 0 amide bonds. The molecule has 0 aliphatic heterocycles. The summed E-state index contributed by atoms with van der Waals surface area (Å²) in [5, 5.41) is 3.33. The van der Waals surface area contributed by atoms with Crippen molar-refractivity contribution in [3.8, 4) is 0 Å². The molecule has 1 rings (SSSR count). The summed E-state index contributed by atoms with van der Waals surface area (Å²) >= 11 is 0. The van der Waals surface area contributed by atoms with Crippen LogP contribution in [0.5, 0.6) is 0 Å². The fourth-order valence-corrected chi connectivity index (χ4v) is 2.27. The maximum Gasteiger partial charge on any atom is 0.419 e. The maximum absolute atomic E-state index is 13.4. The van der Waals surface area contributed by atoms with Gasteiger partial charge in [-0.05, 0) is 43.5 Å². The minimum absolute atomic E-state index is 0.329. The molecule has 0 bridgehead atoms. The van der Waals surface area contributed by atoms with Gasteiger partial charge in [-0.2, -0.15) is 13.2 Å². The highest BCUT2D eigenvalue weighted by molar-refractivity contribution is 5.26.